The minimum Gasteiger partial charge on any atom is -0.442 e. The van der Waals surface area contributed by atoms with Crippen molar-refractivity contribution in [3.05, 3.63) is 35.9 Å². The van der Waals surface area contributed by atoms with Crippen molar-refractivity contribution in [3.8, 4) is 0 Å². The number of nitrogens with zero attached hydrogens (tertiary/aromatic N) is 1. The van der Waals surface area contributed by atoms with E-state index in [1.54, 1.807) is 12.1 Å². The number of hydrogen-bond donors (Lipinski definition) is 2. The molecule has 19 heavy (non-hydrogen) atoms. The first-order valence-corrected chi connectivity index (χ1v) is 5.54. The Hall–Kier alpha value is -2.57. The minimum absolute atomic E-state index is 0.0370. The number of nitrogens with one attached hydrogen (secondary N) is 2. The van der Waals surface area contributed by atoms with Crippen LogP contribution in [0.1, 0.15) is 19.4 Å². The van der Waals surface area contributed by atoms with Crippen LogP contribution in [-0.2, 0) is 20.9 Å². The quantitative estimate of drug-likeness (QED) is 0.771. The third kappa shape index (κ3) is 5.53. The van der Waals surface area contributed by atoms with E-state index in [1.807, 2.05) is 18.2 Å². The lowest BCUT2D eigenvalue weighted by molar-refractivity contribution is -0.130. The molecular weight excluding hydrogens is 250 g/mol. The molecule has 0 fully saturated rings. The zero-order valence-electron chi connectivity index (χ0n) is 10.7. The lowest BCUT2D eigenvalue weighted by Crippen LogP contribution is -2.55. The Labute approximate surface area is 110 Å². The van der Waals surface area contributed by atoms with Crippen molar-refractivity contribution in [2.24, 2.45) is 0 Å². The summed E-state index contributed by atoms with van der Waals surface area (Å²) >= 11 is 0. The topological polar surface area (TPSA) is 87.7 Å². The Morgan fingerprint density at radius 3 is 2.05 bits per heavy atom. The zero-order chi connectivity index (χ0) is 14.3. The maximum Gasteiger partial charge on any atom is 0.449 e. The molecule has 0 aliphatic rings. The molecule has 0 saturated carbocycles. The van der Waals surface area contributed by atoms with Gasteiger partial charge in [0.15, 0.2) is 0 Å². The van der Waals surface area contributed by atoms with Crippen LogP contribution in [0, 0.1) is 0 Å². The van der Waals surface area contributed by atoms with Gasteiger partial charge in [0.25, 0.3) is 0 Å². The fraction of sp³-hybridized carbons (Fsp3) is 0.250. The van der Waals surface area contributed by atoms with Crippen LogP contribution in [0.5, 0.6) is 0 Å². The number of carbonyl (C=O) groups is 3. The van der Waals surface area contributed by atoms with E-state index >= 15 is 0 Å². The van der Waals surface area contributed by atoms with E-state index in [9.17, 15) is 14.4 Å². The lowest BCUT2D eigenvalue weighted by atomic mass is 10.2. The largest absolute Gasteiger partial charge is 0.449 e. The Balaban J connectivity index is 2.56. The second-order valence-corrected chi connectivity index (χ2v) is 3.71. The van der Waals surface area contributed by atoms with Crippen molar-refractivity contribution in [2.75, 3.05) is 0 Å². The monoisotopic (exact) mass is 265 g/mol. The summed E-state index contributed by atoms with van der Waals surface area (Å²) in [4.78, 5) is 33.5. The zero-order valence-corrected chi connectivity index (χ0v) is 10.7. The maximum absolute atomic E-state index is 11.7. The standard InChI is InChI=1S/C12H15N3O4/c1-9(16)13-15(14-10(2)17)12(18)19-8-11-6-4-3-5-7-11/h3-7H,8H2,1-2H3,(H,13,16)(H,14,17). The van der Waals surface area contributed by atoms with E-state index in [0.29, 0.717) is 5.12 Å². The number of hydrazine groups is 2. The number of rotatable bonds is 2. The van der Waals surface area contributed by atoms with Crippen molar-refractivity contribution in [2.45, 2.75) is 20.5 Å². The van der Waals surface area contributed by atoms with Gasteiger partial charge in [-0.2, -0.15) is 0 Å². The summed E-state index contributed by atoms with van der Waals surface area (Å²) in [5.74, 6) is -1.02. The van der Waals surface area contributed by atoms with Gasteiger partial charge in [-0.1, -0.05) is 30.3 Å². The van der Waals surface area contributed by atoms with Crippen LogP contribution in [-0.4, -0.2) is 23.0 Å². The molecule has 0 bridgehead atoms. The number of amides is 3. The first kappa shape index (κ1) is 14.5. The van der Waals surface area contributed by atoms with E-state index in [0.717, 1.165) is 5.56 Å². The molecule has 7 nitrogen and oxygen atoms in total. The van der Waals surface area contributed by atoms with Gasteiger partial charge in [0.1, 0.15) is 6.61 Å². The highest BCUT2D eigenvalue weighted by molar-refractivity contribution is 5.80. The van der Waals surface area contributed by atoms with Crippen LogP contribution < -0.4 is 10.9 Å². The number of hydrogen-bond acceptors (Lipinski definition) is 4. The predicted molar refractivity (Wildman–Crippen MR) is 66.1 cm³/mol. The van der Waals surface area contributed by atoms with Crippen LogP contribution in [0.25, 0.3) is 0 Å². The molecule has 0 aromatic heterocycles. The first-order chi connectivity index (χ1) is 8.99. The summed E-state index contributed by atoms with van der Waals surface area (Å²) < 4.78 is 4.95. The maximum atomic E-state index is 11.7. The summed E-state index contributed by atoms with van der Waals surface area (Å²) in [6.45, 7) is 2.45. The number of carbonyl (C=O) groups excluding carboxylic acids is 3. The molecule has 7 heteroatoms. The second kappa shape index (κ2) is 7.00. The van der Waals surface area contributed by atoms with Gasteiger partial charge in [0.2, 0.25) is 11.8 Å². The van der Waals surface area contributed by atoms with Crippen molar-refractivity contribution in [1.82, 2.24) is 16.0 Å². The molecule has 102 valence electrons. The third-order valence-corrected chi connectivity index (χ3v) is 1.93. The minimum atomic E-state index is -0.880. The van der Waals surface area contributed by atoms with Crippen LogP contribution in [0.15, 0.2) is 30.3 Å². The first-order valence-electron chi connectivity index (χ1n) is 5.54. The highest BCUT2D eigenvalue weighted by Gasteiger charge is 2.17. The Morgan fingerprint density at radius 2 is 1.58 bits per heavy atom. The van der Waals surface area contributed by atoms with Gasteiger partial charge >= 0.3 is 6.09 Å². The molecule has 1 aromatic rings. The molecule has 2 N–H and O–H groups in total. The average Bonchev–Trinajstić information content (AvgIpc) is 2.35. The summed E-state index contributed by atoms with van der Waals surface area (Å²) in [7, 11) is 0. The summed E-state index contributed by atoms with van der Waals surface area (Å²) in [6.07, 6.45) is -0.880. The lowest BCUT2D eigenvalue weighted by Gasteiger charge is -2.21. The Morgan fingerprint density at radius 1 is 1.05 bits per heavy atom. The summed E-state index contributed by atoms with van der Waals surface area (Å²) in [5.41, 5.74) is 5.06. The molecular formula is C12H15N3O4. The van der Waals surface area contributed by atoms with Crippen molar-refractivity contribution < 1.29 is 19.1 Å². The van der Waals surface area contributed by atoms with E-state index in [4.69, 9.17) is 4.74 Å². The van der Waals surface area contributed by atoms with Crippen molar-refractivity contribution >= 4 is 17.9 Å². The van der Waals surface area contributed by atoms with E-state index in [2.05, 4.69) is 10.9 Å². The molecule has 0 aliphatic carbocycles. The Bertz CT molecular complexity index is 445. The van der Waals surface area contributed by atoms with Gasteiger partial charge in [-0.3, -0.25) is 9.59 Å². The molecule has 0 spiro atoms. The molecule has 0 aliphatic heterocycles. The van der Waals surface area contributed by atoms with Gasteiger partial charge in [-0.15, -0.1) is 5.12 Å². The molecule has 0 unspecified atom stereocenters. The van der Waals surface area contributed by atoms with Crippen molar-refractivity contribution in [3.63, 3.8) is 0 Å². The molecule has 0 radical (unpaired) electrons. The summed E-state index contributed by atoms with van der Waals surface area (Å²) in [6, 6.07) is 9.03. The van der Waals surface area contributed by atoms with Gasteiger partial charge < -0.3 is 4.74 Å². The molecule has 3 amide bonds. The van der Waals surface area contributed by atoms with Crippen LogP contribution in [0.4, 0.5) is 4.79 Å². The fourth-order valence-electron chi connectivity index (χ4n) is 1.22. The molecule has 0 saturated heterocycles. The SMILES string of the molecule is CC(=O)NN(NC(C)=O)C(=O)OCc1ccccc1. The molecule has 1 aromatic carbocycles. The van der Waals surface area contributed by atoms with Gasteiger partial charge in [0.05, 0.1) is 0 Å². The van der Waals surface area contributed by atoms with E-state index < -0.39 is 17.9 Å². The van der Waals surface area contributed by atoms with Gasteiger partial charge in [-0.05, 0) is 5.56 Å². The normalized spacial score (nSPS) is 9.37. The third-order valence-electron chi connectivity index (χ3n) is 1.93. The summed E-state index contributed by atoms with van der Waals surface area (Å²) in [5, 5.41) is 0.605. The average molecular weight is 265 g/mol. The second-order valence-electron chi connectivity index (χ2n) is 3.71. The van der Waals surface area contributed by atoms with Crippen LogP contribution in [0.3, 0.4) is 0 Å². The molecule has 0 heterocycles. The molecule has 0 atom stereocenters. The van der Waals surface area contributed by atoms with Crippen LogP contribution in [0.2, 0.25) is 0 Å². The number of ether oxygens (including phenoxy) is 1. The van der Waals surface area contributed by atoms with E-state index in [1.165, 1.54) is 13.8 Å². The van der Waals surface area contributed by atoms with Gasteiger partial charge in [0, 0.05) is 13.8 Å². The highest BCUT2D eigenvalue weighted by Crippen LogP contribution is 2.01. The highest BCUT2D eigenvalue weighted by atomic mass is 16.6. The Kier molecular flexibility index (Phi) is 5.34. The van der Waals surface area contributed by atoms with Crippen LogP contribution >= 0.6 is 0 Å². The molecule has 1 rings (SSSR count). The predicted octanol–water partition coefficient (Wildman–Crippen LogP) is 0.727. The fourth-order valence-corrected chi connectivity index (χ4v) is 1.22. The van der Waals surface area contributed by atoms with E-state index in [-0.39, 0.29) is 6.61 Å². The number of benzene rings is 1. The smallest absolute Gasteiger partial charge is 0.442 e. The van der Waals surface area contributed by atoms with Gasteiger partial charge in [-0.25, -0.2) is 15.6 Å². The van der Waals surface area contributed by atoms with Crippen molar-refractivity contribution in [1.29, 1.82) is 0 Å².